The van der Waals surface area contributed by atoms with Crippen molar-refractivity contribution in [2.24, 2.45) is 16.5 Å². The number of H-pyrrole nitrogens is 3. The Bertz CT molecular complexity index is 1260. The van der Waals surface area contributed by atoms with Gasteiger partial charge < -0.3 is 43.1 Å². The lowest BCUT2D eigenvalue weighted by Crippen LogP contribution is -2.29. The van der Waals surface area contributed by atoms with E-state index in [0.29, 0.717) is 33.8 Å². The van der Waals surface area contributed by atoms with E-state index in [9.17, 15) is 14.4 Å². The van der Waals surface area contributed by atoms with Crippen LogP contribution in [0.3, 0.4) is 0 Å². The Morgan fingerprint density at radius 1 is 0.912 bits per heavy atom. The van der Waals surface area contributed by atoms with E-state index in [-0.39, 0.29) is 42.2 Å². The highest BCUT2D eigenvalue weighted by molar-refractivity contribution is 6.08. The van der Waals surface area contributed by atoms with Crippen LogP contribution in [0.5, 0.6) is 0 Å². The molecule has 0 atom stereocenters. The molecule has 0 aliphatic rings. The number of rotatable bonds is 8. The minimum atomic E-state index is -0.493. The first-order chi connectivity index (χ1) is 16.1. The molecule has 0 fully saturated rings. The summed E-state index contributed by atoms with van der Waals surface area (Å²) >= 11 is 0. The third-order valence-electron chi connectivity index (χ3n) is 5.18. The largest absolute Gasteiger partial charge is 0.397 e. The average Bonchev–Trinajstić information content (AvgIpc) is 3.43. The molecule has 3 aromatic heterocycles. The summed E-state index contributed by atoms with van der Waals surface area (Å²) in [7, 11) is 0. The van der Waals surface area contributed by atoms with E-state index in [2.05, 4.69) is 41.1 Å². The van der Waals surface area contributed by atoms with Crippen molar-refractivity contribution in [1.29, 1.82) is 0 Å². The minimum Gasteiger partial charge on any atom is -0.397 e. The lowest BCUT2D eigenvalue weighted by molar-refractivity contribution is 0.0947. The van der Waals surface area contributed by atoms with Gasteiger partial charge in [-0.2, -0.15) is 5.10 Å². The van der Waals surface area contributed by atoms with Crippen molar-refractivity contribution in [3.8, 4) is 0 Å². The van der Waals surface area contributed by atoms with Crippen molar-refractivity contribution in [1.82, 2.24) is 25.5 Å². The number of nitrogen functional groups attached to an aromatic ring is 1. The van der Waals surface area contributed by atoms with Gasteiger partial charge in [0.05, 0.1) is 17.9 Å². The summed E-state index contributed by atoms with van der Waals surface area (Å²) in [5.41, 5.74) is 19.5. The molecular weight excluding hydrogens is 442 g/mol. The van der Waals surface area contributed by atoms with Gasteiger partial charge in [-0.25, -0.2) is 0 Å². The van der Waals surface area contributed by atoms with Crippen LogP contribution in [-0.4, -0.2) is 56.9 Å². The van der Waals surface area contributed by atoms with Crippen LogP contribution in [0, 0.1) is 20.8 Å². The van der Waals surface area contributed by atoms with Gasteiger partial charge in [-0.1, -0.05) is 0 Å². The second kappa shape index (κ2) is 9.81. The van der Waals surface area contributed by atoms with E-state index < -0.39 is 11.8 Å². The van der Waals surface area contributed by atoms with Gasteiger partial charge in [-0.3, -0.25) is 24.5 Å². The molecule has 180 valence electrons. The molecular formula is C20H27N11O3. The topological polar surface area (TPSA) is 238 Å². The van der Waals surface area contributed by atoms with Crippen LogP contribution in [0.15, 0.2) is 17.4 Å². The standard InChI is InChI=1S/C20H27N11O3/c1-8-11(21)6-26-13(8)18(33)28-12-7-27-14(9(12)2)19(34)29-16-10(3)15(30-31-16)17(32)24-4-5-25-20(22)23/h6-7,26-27H,4-5,21H2,1-3H3,(H,24,32)(H,28,33)(H4,22,23,25)(H2,29,30,31,34). The average molecular weight is 470 g/mol. The Morgan fingerprint density at radius 3 is 2.21 bits per heavy atom. The summed E-state index contributed by atoms with van der Waals surface area (Å²) in [6.07, 6.45) is 3.05. The van der Waals surface area contributed by atoms with E-state index in [1.54, 1.807) is 20.8 Å². The maximum atomic E-state index is 12.8. The van der Waals surface area contributed by atoms with Gasteiger partial charge in [0.15, 0.2) is 11.8 Å². The summed E-state index contributed by atoms with van der Waals surface area (Å²) in [6, 6.07) is 0. The van der Waals surface area contributed by atoms with Gasteiger partial charge in [0, 0.05) is 35.6 Å². The fraction of sp³-hybridized carbons (Fsp3) is 0.250. The predicted octanol–water partition coefficient (Wildman–Crippen LogP) is 0.0812. The Hall–Kier alpha value is -4.75. The van der Waals surface area contributed by atoms with E-state index >= 15 is 0 Å². The second-order valence-electron chi connectivity index (χ2n) is 7.49. The normalized spacial score (nSPS) is 10.6. The number of nitrogens with zero attached hydrogens (tertiary/aromatic N) is 2. The molecule has 0 unspecified atom stereocenters. The van der Waals surface area contributed by atoms with E-state index in [0.717, 1.165) is 0 Å². The molecule has 0 spiro atoms. The second-order valence-corrected chi connectivity index (χ2v) is 7.49. The molecule has 0 saturated heterocycles. The van der Waals surface area contributed by atoms with Crippen molar-refractivity contribution < 1.29 is 14.4 Å². The van der Waals surface area contributed by atoms with Crippen LogP contribution in [0.2, 0.25) is 0 Å². The molecule has 14 heteroatoms. The van der Waals surface area contributed by atoms with Gasteiger partial charge in [0.25, 0.3) is 17.7 Å². The summed E-state index contributed by atoms with van der Waals surface area (Å²) in [6.45, 7) is 5.51. The Labute approximate surface area is 194 Å². The third-order valence-corrected chi connectivity index (χ3v) is 5.18. The van der Waals surface area contributed by atoms with Crippen molar-refractivity contribution in [3.05, 3.63) is 46.2 Å². The quantitative estimate of drug-likeness (QED) is 0.125. The van der Waals surface area contributed by atoms with Crippen molar-refractivity contribution >= 4 is 40.9 Å². The molecule has 0 aliphatic heterocycles. The zero-order valence-electron chi connectivity index (χ0n) is 18.9. The first kappa shape index (κ1) is 23.9. The van der Waals surface area contributed by atoms with Gasteiger partial charge in [0.1, 0.15) is 17.1 Å². The Balaban J connectivity index is 1.66. The molecule has 0 radical (unpaired) electrons. The van der Waals surface area contributed by atoms with Gasteiger partial charge in [0.2, 0.25) is 0 Å². The molecule has 12 N–H and O–H groups in total. The highest BCUT2D eigenvalue weighted by Crippen LogP contribution is 2.23. The smallest absolute Gasteiger partial charge is 0.273 e. The number of amides is 3. The molecule has 0 saturated carbocycles. The molecule has 34 heavy (non-hydrogen) atoms. The molecule has 3 amide bonds. The number of guanidine groups is 1. The van der Waals surface area contributed by atoms with Crippen molar-refractivity contribution in [2.75, 3.05) is 29.5 Å². The molecule has 3 rings (SSSR count). The molecule has 0 bridgehead atoms. The highest BCUT2D eigenvalue weighted by Gasteiger charge is 2.21. The van der Waals surface area contributed by atoms with Gasteiger partial charge in [-0.05, 0) is 20.8 Å². The number of hydrogen-bond donors (Lipinski definition) is 9. The molecule has 14 nitrogen and oxygen atoms in total. The number of carbonyl (C=O) groups is 3. The van der Waals surface area contributed by atoms with E-state index in [1.165, 1.54) is 12.4 Å². The van der Waals surface area contributed by atoms with Gasteiger partial charge in [-0.15, -0.1) is 0 Å². The lowest BCUT2D eigenvalue weighted by atomic mass is 10.2. The highest BCUT2D eigenvalue weighted by atomic mass is 16.2. The number of aromatic nitrogens is 4. The van der Waals surface area contributed by atoms with Crippen LogP contribution < -0.4 is 33.2 Å². The fourth-order valence-electron chi connectivity index (χ4n) is 3.15. The number of nitrogens with two attached hydrogens (primary N) is 3. The van der Waals surface area contributed by atoms with E-state index in [4.69, 9.17) is 17.2 Å². The number of nitrogens with one attached hydrogen (secondary N) is 6. The third kappa shape index (κ3) is 5.01. The van der Waals surface area contributed by atoms with Crippen LogP contribution in [0.25, 0.3) is 0 Å². The fourth-order valence-corrected chi connectivity index (χ4v) is 3.15. The molecule has 0 aliphatic carbocycles. The Morgan fingerprint density at radius 2 is 1.56 bits per heavy atom. The number of carbonyl (C=O) groups excluding carboxylic acids is 3. The number of aliphatic imine (C=N–C) groups is 1. The van der Waals surface area contributed by atoms with Crippen LogP contribution >= 0.6 is 0 Å². The van der Waals surface area contributed by atoms with Crippen LogP contribution in [0.4, 0.5) is 17.2 Å². The molecule has 3 aromatic rings. The van der Waals surface area contributed by atoms with Crippen molar-refractivity contribution in [2.45, 2.75) is 20.8 Å². The number of anilines is 3. The Kier molecular flexibility index (Phi) is 6.89. The maximum Gasteiger partial charge on any atom is 0.273 e. The number of aromatic amines is 3. The van der Waals surface area contributed by atoms with Gasteiger partial charge >= 0.3 is 0 Å². The first-order valence-electron chi connectivity index (χ1n) is 10.2. The predicted molar refractivity (Wildman–Crippen MR) is 128 cm³/mol. The summed E-state index contributed by atoms with van der Waals surface area (Å²) in [5, 5.41) is 14.7. The monoisotopic (exact) mass is 469 g/mol. The summed E-state index contributed by atoms with van der Waals surface area (Å²) < 4.78 is 0. The van der Waals surface area contributed by atoms with E-state index in [1.807, 2.05) is 0 Å². The lowest BCUT2D eigenvalue weighted by Gasteiger charge is -2.06. The van der Waals surface area contributed by atoms with Crippen LogP contribution in [0.1, 0.15) is 48.2 Å². The zero-order valence-corrected chi connectivity index (χ0v) is 18.9. The summed E-state index contributed by atoms with van der Waals surface area (Å²) in [5.74, 6) is -1.17. The van der Waals surface area contributed by atoms with Crippen LogP contribution in [-0.2, 0) is 0 Å². The molecule has 0 aromatic carbocycles. The maximum absolute atomic E-state index is 12.8. The number of hydrogen-bond acceptors (Lipinski definition) is 6. The summed E-state index contributed by atoms with van der Waals surface area (Å²) in [4.78, 5) is 47.1. The van der Waals surface area contributed by atoms with Crippen molar-refractivity contribution in [3.63, 3.8) is 0 Å². The zero-order chi connectivity index (χ0) is 25.0. The molecule has 3 heterocycles. The first-order valence-corrected chi connectivity index (χ1v) is 10.2. The minimum absolute atomic E-state index is 0.0663. The SMILES string of the molecule is Cc1c(N)c[nH]c1C(=O)Nc1c[nH]c(C(=O)Nc2n[nH]c(C(=O)NCCN=C(N)N)c2C)c1C.